The Morgan fingerprint density at radius 3 is 2.40 bits per heavy atom. The molecule has 0 saturated heterocycles. The largest absolute Gasteiger partial charge is 0.393 e. The van der Waals surface area contributed by atoms with E-state index in [0.29, 0.717) is 5.69 Å². The molecule has 0 atom stereocenters. The van der Waals surface area contributed by atoms with Gasteiger partial charge in [-0.15, -0.1) is 0 Å². The Hall–Kier alpha value is -2.89. The number of nitrogens with zero attached hydrogens (tertiary/aromatic N) is 2. The SMILES string of the molecule is CN(C(=O)c1cccc([N+](=O)[O-])c1N)c1ccccc1. The van der Waals surface area contributed by atoms with Crippen molar-refractivity contribution in [1.29, 1.82) is 0 Å². The molecule has 0 aliphatic heterocycles. The van der Waals surface area contributed by atoms with Crippen LogP contribution in [0.2, 0.25) is 0 Å². The van der Waals surface area contributed by atoms with Gasteiger partial charge in [-0.2, -0.15) is 0 Å². The highest BCUT2D eigenvalue weighted by Gasteiger charge is 2.21. The first-order valence-corrected chi connectivity index (χ1v) is 5.88. The summed E-state index contributed by atoms with van der Waals surface area (Å²) in [4.78, 5) is 24.0. The van der Waals surface area contributed by atoms with E-state index in [-0.39, 0.29) is 16.9 Å². The van der Waals surface area contributed by atoms with Crippen molar-refractivity contribution in [1.82, 2.24) is 0 Å². The number of nitro benzene ring substituents is 1. The van der Waals surface area contributed by atoms with Gasteiger partial charge < -0.3 is 10.6 Å². The van der Waals surface area contributed by atoms with Crippen LogP contribution >= 0.6 is 0 Å². The predicted molar refractivity (Wildman–Crippen MR) is 76.7 cm³/mol. The molecule has 2 rings (SSSR count). The van der Waals surface area contributed by atoms with Crippen LogP contribution in [0.3, 0.4) is 0 Å². The summed E-state index contributed by atoms with van der Waals surface area (Å²) < 4.78 is 0. The zero-order valence-electron chi connectivity index (χ0n) is 10.8. The first-order chi connectivity index (χ1) is 9.52. The molecular formula is C14H13N3O3. The Bertz CT molecular complexity index is 656. The fraction of sp³-hybridized carbons (Fsp3) is 0.0714. The maximum atomic E-state index is 12.4. The topological polar surface area (TPSA) is 89.5 Å². The molecule has 0 aromatic heterocycles. The van der Waals surface area contributed by atoms with E-state index in [1.807, 2.05) is 6.07 Å². The lowest BCUT2D eigenvalue weighted by Gasteiger charge is -2.18. The van der Waals surface area contributed by atoms with Gasteiger partial charge in [0.25, 0.3) is 11.6 Å². The lowest BCUT2D eigenvalue weighted by molar-refractivity contribution is -0.383. The molecule has 6 heteroatoms. The van der Waals surface area contributed by atoms with Crippen molar-refractivity contribution in [3.8, 4) is 0 Å². The van der Waals surface area contributed by atoms with Gasteiger partial charge >= 0.3 is 0 Å². The summed E-state index contributed by atoms with van der Waals surface area (Å²) in [5.41, 5.74) is 6.13. The highest BCUT2D eigenvalue weighted by atomic mass is 16.6. The van der Waals surface area contributed by atoms with Crippen molar-refractivity contribution in [3.63, 3.8) is 0 Å². The van der Waals surface area contributed by atoms with Gasteiger partial charge in [0.2, 0.25) is 0 Å². The Kier molecular flexibility index (Phi) is 3.65. The summed E-state index contributed by atoms with van der Waals surface area (Å²) in [5.74, 6) is -0.391. The number of nitrogens with two attached hydrogens (primary N) is 1. The van der Waals surface area contributed by atoms with Crippen molar-refractivity contribution in [2.24, 2.45) is 0 Å². The van der Waals surface area contributed by atoms with Crippen LogP contribution in [0.15, 0.2) is 48.5 Å². The van der Waals surface area contributed by atoms with E-state index in [4.69, 9.17) is 5.73 Å². The molecule has 2 aromatic carbocycles. The van der Waals surface area contributed by atoms with E-state index in [9.17, 15) is 14.9 Å². The van der Waals surface area contributed by atoms with Crippen LogP contribution in [0.25, 0.3) is 0 Å². The standard InChI is InChI=1S/C14H13N3O3/c1-16(10-6-3-2-4-7-10)14(18)11-8-5-9-12(13(11)15)17(19)20/h2-9H,15H2,1H3. The average molecular weight is 271 g/mol. The lowest BCUT2D eigenvalue weighted by Crippen LogP contribution is -2.27. The minimum absolute atomic E-state index is 0.116. The van der Waals surface area contributed by atoms with Crippen LogP contribution in [0.4, 0.5) is 17.1 Å². The summed E-state index contributed by atoms with van der Waals surface area (Å²) in [6.45, 7) is 0. The maximum Gasteiger partial charge on any atom is 0.292 e. The molecule has 0 saturated carbocycles. The van der Waals surface area contributed by atoms with E-state index in [1.54, 1.807) is 31.3 Å². The highest BCUT2D eigenvalue weighted by Crippen LogP contribution is 2.26. The van der Waals surface area contributed by atoms with Crippen molar-refractivity contribution in [2.75, 3.05) is 17.7 Å². The number of carbonyl (C=O) groups excluding carboxylic acids is 1. The third kappa shape index (κ3) is 2.44. The second kappa shape index (κ2) is 5.40. The van der Waals surface area contributed by atoms with E-state index in [2.05, 4.69) is 0 Å². The quantitative estimate of drug-likeness (QED) is 0.527. The first kappa shape index (κ1) is 13.5. The highest BCUT2D eigenvalue weighted by molar-refractivity contribution is 6.10. The molecular weight excluding hydrogens is 258 g/mol. The number of amides is 1. The van der Waals surface area contributed by atoms with E-state index < -0.39 is 10.8 Å². The summed E-state index contributed by atoms with van der Waals surface area (Å²) in [7, 11) is 1.59. The number of rotatable bonds is 3. The van der Waals surface area contributed by atoms with Gasteiger partial charge in [0, 0.05) is 18.8 Å². The number of nitro groups is 1. The average Bonchev–Trinajstić information content (AvgIpc) is 2.46. The summed E-state index contributed by atoms with van der Waals surface area (Å²) in [6.07, 6.45) is 0. The monoisotopic (exact) mass is 271 g/mol. The normalized spacial score (nSPS) is 10.1. The minimum atomic E-state index is -0.603. The number of nitrogen functional groups attached to an aromatic ring is 1. The Labute approximate surface area is 115 Å². The molecule has 0 radical (unpaired) electrons. The van der Waals surface area contributed by atoms with Gasteiger partial charge in [0.05, 0.1) is 10.5 Å². The van der Waals surface area contributed by atoms with Crippen LogP contribution in [0, 0.1) is 10.1 Å². The van der Waals surface area contributed by atoms with Gasteiger partial charge in [-0.1, -0.05) is 24.3 Å². The number of para-hydroxylation sites is 2. The third-order valence-electron chi connectivity index (χ3n) is 2.96. The zero-order chi connectivity index (χ0) is 14.7. The Morgan fingerprint density at radius 2 is 1.80 bits per heavy atom. The molecule has 0 heterocycles. The number of anilines is 2. The number of carbonyl (C=O) groups is 1. The number of benzene rings is 2. The molecule has 20 heavy (non-hydrogen) atoms. The predicted octanol–water partition coefficient (Wildman–Crippen LogP) is 2.45. The van der Waals surface area contributed by atoms with Crippen LogP contribution in [0.1, 0.15) is 10.4 Å². The van der Waals surface area contributed by atoms with E-state index in [1.165, 1.54) is 23.1 Å². The molecule has 0 aliphatic rings. The van der Waals surface area contributed by atoms with E-state index >= 15 is 0 Å². The lowest BCUT2D eigenvalue weighted by atomic mass is 10.1. The molecule has 0 unspecified atom stereocenters. The summed E-state index contributed by atoms with van der Waals surface area (Å²) in [6, 6.07) is 13.2. The van der Waals surface area contributed by atoms with Crippen molar-refractivity contribution < 1.29 is 9.72 Å². The van der Waals surface area contributed by atoms with Crippen LogP contribution < -0.4 is 10.6 Å². The van der Waals surface area contributed by atoms with Gasteiger partial charge in [0.15, 0.2) is 0 Å². The zero-order valence-corrected chi connectivity index (χ0v) is 10.8. The van der Waals surface area contributed by atoms with Crippen LogP contribution in [0.5, 0.6) is 0 Å². The molecule has 0 bridgehead atoms. The third-order valence-corrected chi connectivity index (χ3v) is 2.96. The maximum absolute atomic E-state index is 12.4. The Morgan fingerprint density at radius 1 is 1.15 bits per heavy atom. The molecule has 0 aliphatic carbocycles. The fourth-order valence-electron chi connectivity index (χ4n) is 1.85. The molecule has 0 fully saturated rings. The van der Waals surface area contributed by atoms with Gasteiger partial charge in [0.1, 0.15) is 5.69 Å². The van der Waals surface area contributed by atoms with Crippen LogP contribution in [-0.2, 0) is 0 Å². The number of hydrogen-bond acceptors (Lipinski definition) is 4. The minimum Gasteiger partial charge on any atom is -0.393 e. The summed E-state index contributed by atoms with van der Waals surface area (Å²) in [5, 5.41) is 10.8. The molecule has 6 nitrogen and oxygen atoms in total. The molecule has 2 N–H and O–H groups in total. The van der Waals surface area contributed by atoms with Gasteiger partial charge in [-0.05, 0) is 18.2 Å². The Balaban J connectivity index is 2.40. The molecule has 1 amide bonds. The van der Waals surface area contributed by atoms with Crippen molar-refractivity contribution in [3.05, 3.63) is 64.2 Å². The first-order valence-electron chi connectivity index (χ1n) is 5.88. The van der Waals surface area contributed by atoms with Crippen molar-refractivity contribution in [2.45, 2.75) is 0 Å². The summed E-state index contributed by atoms with van der Waals surface area (Å²) >= 11 is 0. The second-order valence-corrected chi connectivity index (χ2v) is 4.20. The van der Waals surface area contributed by atoms with Gasteiger partial charge in [-0.3, -0.25) is 14.9 Å². The van der Waals surface area contributed by atoms with Crippen LogP contribution in [-0.4, -0.2) is 17.9 Å². The number of hydrogen-bond donors (Lipinski definition) is 1. The molecule has 2 aromatic rings. The van der Waals surface area contributed by atoms with E-state index in [0.717, 1.165) is 0 Å². The molecule has 0 spiro atoms. The second-order valence-electron chi connectivity index (χ2n) is 4.20. The van der Waals surface area contributed by atoms with Gasteiger partial charge in [-0.25, -0.2) is 0 Å². The molecule has 102 valence electrons. The smallest absolute Gasteiger partial charge is 0.292 e. The van der Waals surface area contributed by atoms with Crippen molar-refractivity contribution >= 4 is 23.0 Å². The fourth-order valence-corrected chi connectivity index (χ4v) is 1.85.